The van der Waals surface area contributed by atoms with Gasteiger partial charge in [-0.1, -0.05) is 19.1 Å². The van der Waals surface area contributed by atoms with Crippen LogP contribution in [0.15, 0.2) is 0 Å². The molecule has 1 N–H and O–H groups in total. The molecule has 0 amide bonds. The Hall–Kier alpha value is 0.0500. The zero-order valence-electron chi connectivity index (χ0n) is 4.64. The predicted molar refractivity (Wildman–Crippen MR) is 34.6 cm³/mol. The third-order valence-electron chi connectivity index (χ3n) is 0.970. The normalized spacial score (nSPS) is 18.1. The number of hydrogen-bond donors (Lipinski definition) is 1. The molecule has 0 spiro atoms. The maximum atomic E-state index is 8.97. The maximum Gasteiger partial charge on any atom is 0.0898 e. The van der Waals surface area contributed by atoms with Gasteiger partial charge in [0.15, 0.2) is 0 Å². The van der Waals surface area contributed by atoms with E-state index in [1.807, 2.05) is 6.92 Å². The second-order valence-electron chi connectivity index (χ2n) is 1.83. The van der Waals surface area contributed by atoms with E-state index in [1.165, 1.54) is 5.37 Å². The fraction of sp³-hybridized carbons (Fsp3) is 0.800. The molecule has 0 aliphatic heterocycles. The first kappa shape index (κ1) is 7.05. The fourth-order valence-corrected chi connectivity index (χ4v) is 0.250. The molecule has 0 aromatic rings. The van der Waals surface area contributed by atoms with Crippen molar-refractivity contribution in [1.29, 1.82) is 0 Å². The Morgan fingerprint density at radius 2 is 2.29 bits per heavy atom. The molecule has 42 valence electrons. The van der Waals surface area contributed by atoms with Crippen molar-refractivity contribution < 1.29 is 5.11 Å². The Labute approximate surface area is 49.4 Å². The van der Waals surface area contributed by atoms with E-state index < -0.39 is 5.60 Å². The van der Waals surface area contributed by atoms with Crippen LogP contribution in [0.1, 0.15) is 20.3 Å². The van der Waals surface area contributed by atoms with Gasteiger partial charge in [0.1, 0.15) is 0 Å². The van der Waals surface area contributed by atoms with Gasteiger partial charge in [0, 0.05) is 5.37 Å². The van der Waals surface area contributed by atoms with Gasteiger partial charge in [-0.2, -0.15) is 0 Å². The predicted octanol–water partition coefficient (Wildman–Crippen LogP) is 1.15. The fourth-order valence-electron chi connectivity index (χ4n) is 0.0833. The van der Waals surface area contributed by atoms with Crippen LogP contribution in [0, 0.1) is 0 Å². The first-order valence-corrected chi connectivity index (χ1v) is 2.78. The van der Waals surface area contributed by atoms with E-state index in [-0.39, 0.29) is 0 Å². The highest BCUT2D eigenvalue weighted by Crippen LogP contribution is 2.02. The summed E-state index contributed by atoms with van der Waals surface area (Å²) in [5.41, 5.74) is -0.727. The van der Waals surface area contributed by atoms with Crippen LogP contribution in [-0.2, 0) is 0 Å². The van der Waals surface area contributed by atoms with Gasteiger partial charge in [0.2, 0.25) is 0 Å². The van der Waals surface area contributed by atoms with Gasteiger partial charge < -0.3 is 5.11 Å². The van der Waals surface area contributed by atoms with Crippen molar-refractivity contribution in [1.82, 2.24) is 0 Å². The molecule has 0 saturated heterocycles. The summed E-state index contributed by atoms with van der Waals surface area (Å²) in [6.07, 6.45) is 0.691. The van der Waals surface area contributed by atoms with Crippen LogP contribution in [0.3, 0.4) is 0 Å². The molecule has 0 aliphatic rings. The Bertz CT molecular complexity index is 68.5. The lowest BCUT2D eigenvalue weighted by molar-refractivity contribution is 0.136. The Balaban J connectivity index is 3.58. The number of rotatable bonds is 2. The summed E-state index contributed by atoms with van der Waals surface area (Å²) in [5, 5.41) is 10.4. The molecule has 0 fully saturated rings. The third kappa shape index (κ3) is 2.71. The molecule has 0 aromatic carbocycles. The first-order chi connectivity index (χ1) is 3.12. The van der Waals surface area contributed by atoms with Gasteiger partial charge in [-0.25, -0.2) is 0 Å². The minimum atomic E-state index is -0.727. The summed E-state index contributed by atoms with van der Waals surface area (Å²) in [7, 11) is 0. The van der Waals surface area contributed by atoms with Crippen LogP contribution in [0.25, 0.3) is 0 Å². The van der Waals surface area contributed by atoms with Crippen LogP contribution < -0.4 is 0 Å². The molecule has 1 atom stereocenters. The summed E-state index contributed by atoms with van der Waals surface area (Å²) in [5.74, 6) is 0. The Kier molecular flexibility index (Phi) is 2.40. The van der Waals surface area contributed by atoms with Gasteiger partial charge in [-0.15, -0.1) is 0 Å². The summed E-state index contributed by atoms with van der Waals surface area (Å²) >= 11 is 4.51. The standard InChI is InChI=1S/C5H10OS/c1-3-5(2,6)4-7/h4,6H,3H2,1-2H3. The second-order valence-corrected chi connectivity index (χ2v) is 2.06. The molecule has 0 bridgehead atoms. The summed E-state index contributed by atoms with van der Waals surface area (Å²) in [6, 6.07) is 0. The lowest BCUT2D eigenvalue weighted by Crippen LogP contribution is -2.22. The van der Waals surface area contributed by atoms with Crippen LogP contribution in [0.2, 0.25) is 0 Å². The van der Waals surface area contributed by atoms with E-state index in [4.69, 9.17) is 5.11 Å². The molecule has 0 rings (SSSR count). The molecule has 0 aromatic heterocycles. The largest absolute Gasteiger partial charge is 0.385 e. The van der Waals surface area contributed by atoms with Crippen LogP contribution in [0.5, 0.6) is 0 Å². The van der Waals surface area contributed by atoms with Gasteiger partial charge in [0.25, 0.3) is 0 Å². The number of thiocarbonyl (C=S) groups is 1. The summed E-state index contributed by atoms with van der Waals surface area (Å²) in [4.78, 5) is 0. The van der Waals surface area contributed by atoms with Gasteiger partial charge in [-0.05, 0) is 13.3 Å². The number of aliphatic hydroxyl groups is 1. The monoisotopic (exact) mass is 118 g/mol. The molecular formula is C5H10OS. The van der Waals surface area contributed by atoms with E-state index in [9.17, 15) is 0 Å². The lowest BCUT2D eigenvalue weighted by Gasteiger charge is -2.12. The molecule has 1 unspecified atom stereocenters. The van der Waals surface area contributed by atoms with Crippen molar-refractivity contribution in [2.24, 2.45) is 0 Å². The maximum absolute atomic E-state index is 8.97. The first-order valence-electron chi connectivity index (χ1n) is 2.31. The van der Waals surface area contributed by atoms with Crippen LogP contribution >= 0.6 is 12.2 Å². The molecule has 0 radical (unpaired) electrons. The Morgan fingerprint density at radius 1 is 1.86 bits per heavy atom. The van der Waals surface area contributed by atoms with Gasteiger partial charge in [-0.3, -0.25) is 0 Å². The van der Waals surface area contributed by atoms with Gasteiger partial charge in [0.05, 0.1) is 5.60 Å². The van der Waals surface area contributed by atoms with Crippen molar-refractivity contribution >= 4 is 17.6 Å². The summed E-state index contributed by atoms with van der Waals surface area (Å²) in [6.45, 7) is 3.59. The molecule has 0 saturated carbocycles. The average molecular weight is 118 g/mol. The minimum absolute atomic E-state index is 0.691. The highest BCUT2D eigenvalue weighted by molar-refractivity contribution is 7.79. The molecule has 7 heavy (non-hydrogen) atoms. The van der Waals surface area contributed by atoms with E-state index in [0.29, 0.717) is 6.42 Å². The molecular weight excluding hydrogens is 108 g/mol. The highest BCUT2D eigenvalue weighted by Gasteiger charge is 2.10. The third-order valence-corrected chi connectivity index (χ3v) is 1.48. The Morgan fingerprint density at radius 3 is 2.29 bits per heavy atom. The number of hydrogen-bond acceptors (Lipinski definition) is 2. The van der Waals surface area contributed by atoms with E-state index in [2.05, 4.69) is 12.2 Å². The average Bonchev–Trinajstić information content (AvgIpc) is 1.68. The molecule has 0 aliphatic carbocycles. The van der Waals surface area contributed by atoms with Crippen molar-refractivity contribution in [2.75, 3.05) is 0 Å². The van der Waals surface area contributed by atoms with E-state index in [1.54, 1.807) is 6.92 Å². The van der Waals surface area contributed by atoms with Crippen molar-refractivity contribution in [3.8, 4) is 0 Å². The van der Waals surface area contributed by atoms with Crippen molar-refractivity contribution in [3.05, 3.63) is 0 Å². The quantitative estimate of drug-likeness (QED) is 0.549. The SMILES string of the molecule is CCC(C)(O)C=S. The second kappa shape index (κ2) is 2.38. The highest BCUT2D eigenvalue weighted by atomic mass is 32.1. The molecule has 0 heterocycles. The van der Waals surface area contributed by atoms with Gasteiger partial charge >= 0.3 is 0 Å². The van der Waals surface area contributed by atoms with Crippen LogP contribution in [0.4, 0.5) is 0 Å². The van der Waals surface area contributed by atoms with Crippen LogP contribution in [-0.4, -0.2) is 16.1 Å². The van der Waals surface area contributed by atoms with E-state index in [0.717, 1.165) is 0 Å². The van der Waals surface area contributed by atoms with E-state index >= 15 is 0 Å². The lowest BCUT2D eigenvalue weighted by atomic mass is 10.1. The van der Waals surface area contributed by atoms with Crippen molar-refractivity contribution in [2.45, 2.75) is 25.9 Å². The zero-order valence-corrected chi connectivity index (χ0v) is 5.46. The molecule has 1 nitrogen and oxygen atoms in total. The summed E-state index contributed by atoms with van der Waals surface area (Å²) < 4.78 is 0. The smallest absolute Gasteiger partial charge is 0.0898 e. The minimum Gasteiger partial charge on any atom is -0.385 e. The topological polar surface area (TPSA) is 20.2 Å². The molecule has 2 heteroatoms. The van der Waals surface area contributed by atoms with Crippen molar-refractivity contribution in [3.63, 3.8) is 0 Å². The zero-order chi connectivity index (χ0) is 5.91.